The molecule has 1 aliphatic heterocycles. The van der Waals surface area contributed by atoms with Gasteiger partial charge in [0.25, 0.3) is 0 Å². The minimum absolute atomic E-state index is 0.173. The number of carbonyl (C=O) groups excluding carboxylic acids is 2. The molecule has 3 rings (SSSR count). The predicted molar refractivity (Wildman–Crippen MR) is 91.9 cm³/mol. The molecule has 1 N–H and O–H groups in total. The largest absolute Gasteiger partial charge is 0.454 e. The summed E-state index contributed by atoms with van der Waals surface area (Å²) in [5.74, 6) is 0.854. The highest BCUT2D eigenvalue weighted by molar-refractivity contribution is 5.96. The highest BCUT2D eigenvalue weighted by Crippen LogP contribution is 2.32. The molecule has 1 aliphatic rings. The van der Waals surface area contributed by atoms with Crippen LogP contribution in [0.5, 0.6) is 11.5 Å². The smallest absolute Gasteiger partial charge is 0.232 e. The molecule has 0 saturated carbocycles. The van der Waals surface area contributed by atoms with E-state index in [2.05, 4.69) is 5.32 Å². The fourth-order valence-electron chi connectivity index (χ4n) is 2.53. The Hall–Kier alpha value is -3.02. The number of benzene rings is 2. The van der Waals surface area contributed by atoms with Crippen LogP contribution in [0.1, 0.15) is 17.5 Å². The monoisotopic (exact) mass is 340 g/mol. The second kappa shape index (κ2) is 7.70. The van der Waals surface area contributed by atoms with Gasteiger partial charge in [-0.3, -0.25) is 9.59 Å². The van der Waals surface area contributed by atoms with Gasteiger partial charge in [0.05, 0.1) is 0 Å². The second-order valence-electron chi connectivity index (χ2n) is 5.88. The maximum Gasteiger partial charge on any atom is 0.232 e. The van der Waals surface area contributed by atoms with E-state index in [4.69, 9.17) is 9.47 Å². The minimum atomic E-state index is -0.303. The van der Waals surface area contributed by atoms with Gasteiger partial charge in [-0.05, 0) is 23.3 Å². The Labute approximate surface area is 146 Å². The van der Waals surface area contributed by atoms with Gasteiger partial charge in [-0.2, -0.15) is 0 Å². The highest BCUT2D eigenvalue weighted by Gasteiger charge is 2.16. The fraction of sp³-hybridized carbons (Fsp3) is 0.263. The van der Waals surface area contributed by atoms with Crippen LogP contribution in [0.25, 0.3) is 0 Å². The Morgan fingerprint density at radius 1 is 1.04 bits per heavy atom. The molecule has 0 atom stereocenters. The summed E-state index contributed by atoms with van der Waals surface area (Å²) in [5.41, 5.74) is 1.92. The molecule has 2 aromatic carbocycles. The van der Waals surface area contributed by atoms with Gasteiger partial charge in [-0.15, -0.1) is 0 Å². The lowest BCUT2D eigenvalue weighted by atomic mass is 10.2. The molecule has 0 fully saturated rings. The number of rotatable bonds is 6. The number of fused-ring (bicyclic) bond motifs is 1. The van der Waals surface area contributed by atoms with Gasteiger partial charge in [0.2, 0.25) is 18.6 Å². The molecule has 6 heteroatoms. The summed E-state index contributed by atoms with van der Waals surface area (Å²) in [6.07, 6.45) is -0.173. The number of hydrogen-bond donors (Lipinski definition) is 1. The molecular formula is C19H20N2O4. The first kappa shape index (κ1) is 16.8. The zero-order valence-electron chi connectivity index (χ0n) is 14.0. The van der Waals surface area contributed by atoms with Crippen molar-refractivity contribution in [1.82, 2.24) is 10.2 Å². The zero-order chi connectivity index (χ0) is 17.6. The molecule has 6 nitrogen and oxygen atoms in total. The quantitative estimate of drug-likeness (QED) is 0.818. The standard InChI is InChI=1S/C19H20N2O4/c1-21(12-14-5-3-2-4-6-14)19(23)10-18(22)20-11-15-7-8-16-17(9-15)25-13-24-16/h2-9H,10-13H2,1H3,(H,20,22). The summed E-state index contributed by atoms with van der Waals surface area (Å²) in [6, 6.07) is 15.2. The van der Waals surface area contributed by atoms with E-state index in [9.17, 15) is 9.59 Å². The number of amides is 2. The summed E-state index contributed by atoms with van der Waals surface area (Å²) in [6.45, 7) is 1.04. The molecule has 25 heavy (non-hydrogen) atoms. The molecule has 0 aliphatic carbocycles. The van der Waals surface area contributed by atoms with Crippen molar-refractivity contribution < 1.29 is 19.1 Å². The second-order valence-corrected chi connectivity index (χ2v) is 5.88. The van der Waals surface area contributed by atoms with Crippen molar-refractivity contribution in [3.63, 3.8) is 0 Å². The van der Waals surface area contributed by atoms with E-state index in [-0.39, 0.29) is 25.0 Å². The molecule has 0 spiro atoms. The number of carbonyl (C=O) groups is 2. The van der Waals surface area contributed by atoms with E-state index in [0.717, 1.165) is 11.1 Å². The van der Waals surface area contributed by atoms with E-state index in [1.54, 1.807) is 11.9 Å². The molecule has 2 amide bonds. The van der Waals surface area contributed by atoms with Crippen LogP contribution in [-0.4, -0.2) is 30.6 Å². The van der Waals surface area contributed by atoms with Crippen molar-refractivity contribution in [1.29, 1.82) is 0 Å². The molecule has 0 aromatic heterocycles. The Morgan fingerprint density at radius 3 is 2.60 bits per heavy atom. The Balaban J connectivity index is 1.46. The normalized spacial score (nSPS) is 11.9. The van der Waals surface area contributed by atoms with E-state index in [0.29, 0.717) is 24.6 Å². The minimum Gasteiger partial charge on any atom is -0.454 e. The molecular weight excluding hydrogens is 320 g/mol. The first-order chi connectivity index (χ1) is 12.1. The first-order valence-electron chi connectivity index (χ1n) is 8.05. The summed E-state index contributed by atoms with van der Waals surface area (Å²) >= 11 is 0. The van der Waals surface area contributed by atoms with Crippen LogP contribution in [0, 0.1) is 0 Å². The lowest BCUT2D eigenvalue weighted by Crippen LogP contribution is -2.32. The maximum absolute atomic E-state index is 12.2. The van der Waals surface area contributed by atoms with Crippen LogP contribution < -0.4 is 14.8 Å². The third kappa shape index (κ3) is 4.50. The van der Waals surface area contributed by atoms with E-state index < -0.39 is 0 Å². The predicted octanol–water partition coefficient (Wildman–Crippen LogP) is 2.08. The van der Waals surface area contributed by atoms with Crippen molar-refractivity contribution in [2.45, 2.75) is 19.5 Å². The molecule has 1 heterocycles. The van der Waals surface area contributed by atoms with Gasteiger partial charge < -0.3 is 19.7 Å². The van der Waals surface area contributed by atoms with Crippen LogP contribution in [0.2, 0.25) is 0 Å². The van der Waals surface area contributed by atoms with Gasteiger partial charge in [0.1, 0.15) is 6.42 Å². The lowest BCUT2D eigenvalue weighted by molar-refractivity contribution is -0.135. The van der Waals surface area contributed by atoms with Crippen LogP contribution in [0.3, 0.4) is 0 Å². The van der Waals surface area contributed by atoms with E-state index >= 15 is 0 Å². The maximum atomic E-state index is 12.2. The summed E-state index contributed by atoms with van der Waals surface area (Å²) in [5, 5.41) is 2.76. The third-order valence-electron chi connectivity index (χ3n) is 3.93. The van der Waals surface area contributed by atoms with Gasteiger partial charge in [-0.1, -0.05) is 36.4 Å². The summed E-state index contributed by atoms with van der Waals surface area (Å²) < 4.78 is 10.5. The van der Waals surface area contributed by atoms with Gasteiger partial charge in [0, 0.05) is 20.1 Å². The van der Waals surface area contributed by atoms with Crippen LogP contribution in [0.15, 0.2) is 48.5 Å². The highest BCUT2D eigenvalue weighted by atomic mass is 16.7. The zero-order valence-corrected chi connectivity index (χ0v) is 14.0. The lowest BCUT2D eigenvalue weighted by Gasteiger charge is -2.17. The Morgan fingerprint density at radius 2 is 1.80 bits per heavy atom. The summed E-state index contributed by atoms with van der Waals surface area (Å²) in [7, 11) is 1.69. The SMILES string of the molecule is CN(Cc1ccccc1)C(=O)CC(=O)NCc1ccc2c(c1)OCO2. The van der Waals surface area contributed by atoms with E-state index in [1.165, 1.54) is 0 Å². The summed E-state index contributed by atoms with van der Waals surface area (Å²) in [4.78, 5) is 25.7. The topological polar surface area (TPSA) is 67.9 Å². The van der Waals surface area contributed by atoms with Crippen LogP contribution >= 0.6 is 0 Å². The Bertz CT molecular complexity index is 761. The van der Waals surface area contributed by atoms with Crippen molar-refractivity contribution in [2.24, 2.45) is 0 Å². The van der Waals surface area contributed by atoms with Gasteiger partial charge in [-0.25, -0.2) is 0 Å². The first-order valence-corrected chi connectivity index (χ1v) is 8.05. The van der Waals surface area contributed by atoms with Crippen LogP contribution in [-0.2, 0) is 22.7 Å². The molecule has 0 bridgehead atoms. The van der Waals surface area contributed by atoms with Crippen molar-refractivity contribution in [3.05, 3.63) is 59.7 Å². The van der Waals surface area contributed by atoms with E-state index in [1.807, 2.05) is 48.5 Å². The Kier molecular flexibility index (Phi) is 5.18. The molecule has 0 radical (unpaired) electrons. The number of ether oxygens (including phenoxy) is 2. The average Bonchev–Trinajstić information content (AvgIpc) is 3.08. The fourth-order valence-corrected chi connectivity index (χ4v) is 2.53. The number of nitrogens with zero attached hydrogens (tertiary/aromatic N) is 1. The van der Waals surface area contributed by atoms with Crippen molar-refractivity contribution in [3.8, 4) is 11.5 Å². The third-order valence-corrected chi connectivity index (χ3v) is 3.93. The average molecular weight is 340 g/mol. The van der Waals surface area contributed by atoms with Gasteiger partial charge in [0.15, 0.2) is 11.5 Å². The molecule has 2 aromatic rings. The molecule has 0 saturated heterocycles. The van der Waals surface area contributed by atoms with Crippen molar-refractivity contribution in [2.75, 3.05) is 13.8 Å². The molecule has 130 valence electrons. The van der Waals surface area contributed by atoms with Crippen LogP contribution in [0.4, 0.5) is 0 Å². The number of hydrogen-bond acceptors (Lipinski definition) is 4. The number of nitrogens with one attached hydrogen (secondary N) is 1. The molecule has 0 unspecified atom stereocenters. The van der Waals surface area contributed by atoms with Gasteiger partial charge >= 0.3 is 0 Å². The van der Waals surface area contributed by atoms with Crippen molar-refractivity contribution >= 4 is 11.8 Å².